The molecular weight excluding hydrogens is 616 g/mol. The molecule has 4 aromatic rings. The summed E-state index contributed by atoms with van der Waals surface area (Å²) < 4.78 is 27.9. The van der Waals surface area contributed by atoms with Gasteiger partial charge in [-0.05, 0) is 71.6 Å². The average molecular weight is 653 g/mol. The predicted octanol–water partition coefficient (Wildman–Crippen LogP) is 5.16. The summed E-state index contributed by atoms with van der Waals surface area (Å²) >= 11 is 0. The van der Waals surface area contributed by atoms with E-state index >= 15 is 0 Å². The summed E-state index contributed by atoms with van der Waals surface area (Å²) in [6, 6.07) is 23.2. The summed E-state index contributed by atoms with van der Waals surface area (Å²) in [6.45, 7) is 3.53. The van der Waals surface area contributed by atoms with Crippen LogP contribution in [0, 0.1) is 0 Å². The number of nitrogens with zero attached hydrogens (tertiary/aromatic N) is 1. The third kappa shape index (κ3) is 7.84. The maximum Gasteiger partial charge on any atom is 0.338 e. The topological polar surface area (TPSA) is 146 Å². The number of benzene rings is 4. The Morgan fingerprint density at radius 1 is 0.896 bits per heavy atom. The molecule has 0 unspecified atom stereocenters. The molecule has 1 heterocycles. The van der Waals surface area contributed by atoms with Gasteiger partial charge in [-0.2, -0.15) is 5.10 Å². The van der Waals surface area contributed by atoms with Gasteiger partial charge in [-0.25, -0.2) is 15.0 Å². The number of allylic oxidation sites excluding steroid dienone is 1. The molecule has 3 N–H and O–H groups in total. The largest absolute Gasteiger partial charge is 0.493 e. The van der Waals surface area contributed by atoms with Crippen LogP contribution in [0.2, 0.25) is 0 Å². The molecule has 0 spiro atoms. The number of hydrazone groups is 1. The van der Waals surface area contributed by atoms with Gasteiger partial charge >= 0.3 is 12.0 Å². The SMILES string of the molecule is CCOC(=O)C1=C(C)NC(=O)N[C@@H]1c1ccc(OCC(=O)N/N=C\c2ccc(OCc3cccc4ccccc34)c(OC)c2)c(OC)c1. The van der Waals surface area contributed by atoms with Crippen LogP contribution < -0.4 is 35.0 Å². The van der Waals surface area contributed by atoms with Crippen molar-refractivity contribution in [2.75, 3.05) is 27.4 Å². The Labute approximate surface area is 277 Å². The number of carbonyl (C=O) groups excluding carboxylic acids is 3. The van der Waals surface area contributed by atoms with Gasteiger partial charge in [-0.1, -0.05) is 48.5 Å². The van der Waals surface area contributed by atoms with Crippen molar-refractivity contribution in [3.63, 3.8) is 0 Å². The quantitative estimate of drug-likeness (QED) is 0.102. The highest BCUT2D eigenvalue weighted by molar-refractivity contribution is 5.95. The Balaban J connectivity index is 1.18. The Hall–Kier alpha value is -6.04. The van der Waals surface area contributed by atoms with E-state index in [0.29, 0.717) is 40.7 Å². The van der Waals surface area contributed by atoms with Crippen LogP contribution in [0.15, 0.2) is 95.2 Å². The minimum Gasteiger partial charge on any atom is -0.493 e. The van der Waals surface area contributed by atoms with Crippen molar-refractivity contribution in [3.05, 3.63) is 107 Å². The van der Waals surface area contributed by atoms with Crippen molar-refractivity contribution in [3.8, 4) is 23.0 Å². The van der Waals surface area contributed by atoms with Crippen LogP contribution in [0.3, 0.4) is 0 Å². The van der Waals surface area contributed by atoms with Crippen LogP contribution >= 0.6 is 0 Å². The minimum atomic E-state index is -0.776. The van der Waals surface area contributed by atoms with E-state index in [4.69, 9.17) is 23.7 Å². The fourth-order valence-electron chi connectivity index (χ4n) is 5.22. The van der Waals surface area contributed by atoms with Crippen molar-refractivity contribution < 1.29 is 38.1 Å². The van der Waals surface area contributed by atoms with Gasteiger partial charge in [0, 0.05) is 5.70 Å². The molecule has 0 aromatic heterocycles. The number of rotatable bonds is 13. The zero-order valence-electron chi connectivity index (χ0n) is 27.0. The van der Waals surface area contributed by atoms with Crippen molar-refractivity contribution in [2.24, 2.45) is 5.10 Å². The van der Waals surface area contributed by atoms with Gasteiger partial charge in [-0.3, -0.25) is 4.79 Å². The summed E-state index contributed by atoms with van der Waals surface area (Å²) in [5.41, 5.74) is 5.40. The smallest absolute Gasteiger partial charge is 0.338 e. The maximum atomic E-state index is 12.6. The molecule has 5 rings (SSSR count). The summed E-state index contributed by atoms with van der Waals surface area (Å²) in [7, 11) is 3.00. The van der Waals surface area contributed by atoms with Gasteiger partial charge < -0.3 is 34.3 Å². The summed E-state index contributed by atoms with van der Waals surface area (Å²) in [4.78, 5) is 37.3. The number of fused-ring (bicyclic) bond motifs is 1. The van der Waals surface area contributed by atoms with Crippen molar-refractivity contribution in [1.29, 1.82) is 0 Å². The van der Waals surface area contributed by atoms with E-state index in [9.17, 15) is 14.4 Å². The number of hydrogen-bond donors (Lipinski definition) is 3. The molecule has 0 bridgehead atoms. The second-order valence-corrected chi connectivity index (χ2v) is 10.6. The molecule has 48 heavy (non-hydrogen) atoms. The molecule has 248 valence electrons. The molecule has 0 saturated heterocycles. The molecular formula is C36H36N4O8. The first-order valence-corrected chi connectivity index (χ1v) is 15.2. The van der Waals surface area contributed by atoms with E-state index in [2.05, 4.69) is 39.4 Å². The van der Waals surface area contributed by atoms with Gasteiger partial charge in [0.05, 0.1) is 38.7 Å². The first-order valence-electron chi connectivity index (χ1n) is 15.2. The Morgan fingerprint density at radius 3 is 2.42 bits per heavy atom. The first-order chi connectivity index (χ1) is 23.3. The number of nitrogens with one attached hydrogen (secondary N) is 3. The van der Waals surface area contributed by atoms with Gasteiger partial charge in [0.1, 0.15) is 6.61 Å². The van der Waals surface area contributed by atoms with E-state index < -0.39 is 23.9 Å². The fourth-order valence-corrected chi connectivity index (χ4v) is 5.22. The molecule has 0 aliphatic carbocycles. The van der Waals surface area contributed by atoms with Crippen molar-refractivity contribution >= 4 is 34.9 Å². The monoisotopic (exact) mass is 652 g/mol. The van der Waals surface area contributed by atoms with Gasteiger partial charge in [0.2, 0.25) is 0 Å². The third-order valence-corrected chi connectivity index (χ3v) is 7.50. The zero-order chi connectivity index (χ0) is 34.0. The van der Waals surface area contributed by atoms with E-state index in [-0.39, 0.29) is 24.5 Å². The second kappa shape index (κ2) is 15.5. The van der Waals surface area contributed by atoms with E-state index in [1.165, 1.54) is 13.3 Å². The highest BCUT2D eigenvalue weighted by atomic mass is 16.5. The maximum absolute atomic E-state index is 12.6. The molecule has 12 heteroatoms. The summed E-state index contributed by atoms with van der Waals surface area (Å²) in [6.07, 6.45) is 1.48. The molecule has 4 aromatic carbocycles. The normalized spacial score (nSPS) is 14.2. The third-order valence-electron chi connectivity index (χ3n) is 7.50. The standard InChI is InChI=1S/C36H36N4O8/c1-5-46-35(42)33-22(2)38-36(43)39-34(33)25-14-16-29(31(18-25)45-4)48-21-32(41)40-37-19-23-13-15-28(30(17-23)44-3)47-20-26-11-8-10-24-9-6-7-12-27(24)26/h6-19,34H,5,20-21H2,1-4H3,(H,40,41)(H2,38,39,43)/b37-19-/t34-/m1/s1. The lowest BCUT2D eigenvalue weighted by Gasteiger charge is -2.28. The molecule has 1 aliphatic heterocycles. The Bertz CT molecular complexity index is 1880. The van der Waals surface area contributed by atoms with E-state index in [1.54, 1.807) is 57.4 Å². The highest BCUT2D eigenvalue weighted by Crippen LogP contribution is 2.35. The van der Waals surface area contributed by atoms with E-state index in [1.807, 2.05) is 24.3 Å². The zero-order valence-corrected chi connectivity index (χ0v) is 27.0. The minimum absolute atomic E-state index is 0.182. The number of amides is 3. The molecule has 12 nitrogen and oxygen atoms in total. The van der Waals surface area contributed by atoms with Gasteiger partial charge in [-0.15, -0.1) is 0 Å². The van der Waals surface area contributed by atoms with E-state index in [0.717, 1.165) is 16.3 Å². The van der Waals surface area contributed by atoms with Crippen LogP contribution in [0.1, 0.15) is 36.6 Å². The van der Waals surface area contributed by atoms with Crippen LogP contribution in [0.25, 0.3) is 10.8 Å². The van der Waals surface area contributed by atoms with Crippen molar-refractivity contribution in [1.82, 2.24) is 16.1 Å². The van der Waals surface area contributed by atoms with Crippen LogP contribution in [-0.4, -0.2) is 51.6 Å². The van der Waals surface area contributed by atoms with Crippen molar-refractivity contribution in [2.45, 2.75) is 26.5 Å². The van der Waals surface area contributed by atoms with Gasteiger partial charge in [0.15, 0.2) is 29.6 Å². The molecule has 0 radical (unpaired) electrons. The fraction of sp³-hybridized carbons (Fsp3) is 0.222. The van der Waals surface area contributed by atoms with Crippen LogP contribution in [0.5, 0.6) is 23.0 Å². The van der Waals surface area contributed by atoms with Crippen LogP contribution in [0.4, 0.5) is 4.79 Å². The lowest BCUT2D eigenvalue weighted by atomic mass is 9.95. The summed E-state index contributed by atoms with van der Waals surface area (Å²) in [5, 5.41) is 11.6. The lowest BCUT2D eigenvalue weighted by Crippen LogP contribution is -2.45. The highest BCUT2D eigenvalue weighted by Gasteiger charge is 2.32. The second-order valence-electron chi connectivity index (χ2n) is 10.6. The first kappa shape index (κ1) is 33.3. The number of urea groups is 1. The lowest BCUT2D eigenvalue weighted by molar-refractivity contribution is -0.139. The average Bonchev–Trinajstić information content (AvgIpc) is 3.09. The number of methoxy groups -OCH3 is 2. The Kier molecular flexibility index (Phi) is 10.8. The molecule has 1 aliphatic rings. The number of ether oxygens (including phenoxy) is 5. The van der Waals surface area contributed by atoms with Gasteiger partial charge in [0.25, 0.3) is 5.91 Å². The molecule has 1 atom stereocenters. The Morgan fingerprint density at radius 2 is 1.62 bits per heavy atom. The number of esters is 1. The number of carbonyl (C=O) groups is 3. The number of hydrogen-bond acceptors (Lipinski definition) is 9. The predicted molar refractivity (Wildman–Crippen MR) is 179 cm³/mol. The summed E-state index contributed by atoms with van der Waals surface area (Å²) in [5.74, 6) is 0.617. The van der Waals surface area contributed by atoms with Crippen LogP contribution in [-0.2, 0) is 20.9 Å². The molecule has 0 fully saturated rings. The molecule has 0 saturated carbocycles. The molecule has 3 amide bonds.